The van der Waals surface area contributed by atoms with E-state index in [4.69, 9.17) is 9.26 Å². The molecule has 1 unspecified atom stereocenters. The largest absolute Gasteiger partial charge is 0.497 e. The molecule has 1 fully saturated rings. The van der Waals surface area contributed by atoms with Gasteiger partial charge in [-0.15, -0.1) is 0 Å². The Morgan fingerprint density at radius 3 is 2.75 bits per heavy atom. The Balaban J connectivity index is 1.59. The average molecular weight is 330 g/mol. The average Bonchev–Trinajstić information content (AvgIpc) is 3.10. The maximum absolute atomic E-state index is 5.44. The van der Waals surface area contributed by atoms with E-state index in [1.807, 2.05) is 12.1 Å². The number of aromatic nitrogens is 2. The second kappa shape index (κ2) is 7.66. The van der Waals surface area contributed by atoms with E-state index in [9.17, 15) is 0 Å². The summed E-state index contributed by atoms with van der Waals surface area (Å²) in [4.78, 5) is 9.32. The molecule has 130 valence electrons. The molecule has 0 bridgehead atoms. The lowest BCUT2D eigenvalue weighted by Crippen LogP contribution is -2.47. The minimum absolute atomic E-state index is 0.163. The van der Waals surface area contributed by atoms with Crippen molar-refractivity contribution in [2.75, 3.05) is 38.2 Å². The summed E-state index contributed by atoms with van der Waals surface area (Å²) < 4.78 is 10.8. The van der Waals surface area contributed by atoms with Crippen LogP contribution in [0.3, 0.4) is 0 Å². The fraction of sp³-hybridized carbons (Fsp3) is 0.556. The van der Waals surface area contributed by atoms with Gasteiger partial charge in [-0.1, -0.05) is 18.1 Å². The number of nitrogens with zero attached hydrogens (tertiary/aromatic N) is 4. The number of benzene rings is 1. The molecule has 1 aliphatic rings. The first kappa shape index (κ1) is 16.8. The fourth-order valence-electron chi connectivity index (χ4n) is 3.09. The molecule has 1 saturated heterocycles. The van der Waals surface area contributed by atoms with Crippen molar-refractivity contribution < 1.29 is 9.26 Å². The van der Waals surface area contributed by atoms with Crippen molar-refractivity contribution in [1.29, 1.82) is 0 Å². The minimum Gasteiger partial charge on any atom is -0.497 e. The maximum Gasteiger partial charge on any atom is 0.243 e. The highest BCUT2D eigenvalue weighted by atomic mass is 16.5. The third kappa shape index (κ3) is 3.70. The lowest BCUT2D eigenvalue weighted by atomic mass is 10.2. The van der Waals surface area contributed by atoms with Crippen LogP contribution in [0.15, 0.2) is 28.8 Å². The molecule has 0 radical (unpaired) electrons. The molecule has 2 aromatic rings. The van der Waals surface area contributed by atoms with Gasteiger partial charge in [0.05, 0.1) is 13.2 Å². The molecule has 1 atom stereocenters. The number of ether oxygens (including phenoxy) is 1. The second-order valence-electron chi connectivity index (χ2n) is 6.20. The predicted octanol–water partition coefficient (Wildman–Crippen LogP) is 2.91. The summed E-state index contributed by atoms with van der Waals surface area (Å²) in [6.45, 7) is 8.18. The van der Waals surface area contributed by atoms with Crippen molar-refractivity contribution >= 4 is 5.69 Å². The van der Waals surface area contributed by atoms with Crippen molar-refractivity contribution in [2.24, 2.45) is 0 Å². The van der Waals surface area contributed by atoms with Crippen LogP contribution in [0.1, 0.15) is 38.0 Å². The van der Waals surface area contributed by atoms with Crippen LogP contribution in [0.5, 0.6) is 5.75 Å². The Labute approximate surface area is 143 Å². The summed E-state index contributed by atoms with van der Waals surface area (Å²) in [7, 11) is 1.70. The van der Waals surface area contributed by atoms with Gasteiger partial charge in [0.15, 0.2) is 5.82 Å². The number of aryl methyl sites for hydroxylation is 1. The van der Waals surface area contributed by atoms with E-state index < -0.39 is 0 Å². The zero-order chi connectivity index (χ0) is 16.9. The van der Waals surface area contributed by atoms with Gasteiger partial charge in [-0.2, -0.15) is 4.98 Å². The van der Waals surface area contributed by atoms with E-state index in [1.54, 1.807) is 7.11 Å². The normalized spacial score (nSPS) is 17.0. The quantitative estimate of drug-likeness (QED) is 0.812. The van der Waals surface area contributed by atoms with Gasteiger partial charge in [0.25, 0.3) is 0 Å². The summed E-state index contributed by atoms with van der Waals surface area (Å²) in [5, 5.41) is 4.07. The zero-order valence-electron chi connectivity index (χ0n) is 14.7. The summed E-state index contributed by atoms with van der Waals surface area (Å²) in [5.74, 6) is 2.44. The van der Waals surface area contributed by atoms with Gasteiger partial charge in [-0.25, -0.2) is 0 Å². The minimum atomic E-state index is 0.163. The molecule has 1 aromatic carbocycles. The van der Waals surface area contributed by atoms with Gasteiger partial charge in [0.1, 0.15) is 5.75 Å². The summed E-state index contributed by atoms with van der Waals surface area (Å²) in [6, 6.07) is 8.41. The summed E-state index contributed by atoms with van der Waals surface area (Å²) >= 11 is 0. The number of methoxy groups -OCH3 is 1. The molecule has 0 saturated carbocycles. The molecule has 0 amide bonds. The van der Waals surface area contributed by atoms with Crippen LogP contribution < -0.4 is 9.64 Å². The first-order valence-corrected chi connectivity index (χ1v) is 8.66. The van der Waals surface area contributed by atoms with Gasteiger partial charge in [-0.05, 0) is 25.5 Å². The molecule has 0 aliphatic carbocycles. The van der Waals surface area contributed by atoms with Crippen LogP contribution in [0, 0.1) is 0 Å². The lowest BCUT2D eigenvalue weighted by molar-refractivity contribution is 0.164. The molecular formula is C18H26N4O2. The highest BCUT2D eigenvalue weighted by molar-refractivity contribution is 5.51. The summed E-state index contributed by atoms with van der Waals surface area (Å²) in [6.07, 6.45) is 1.91. The molecule has 0 N–H and O–H groups in total. The van der Waals surface area contributed by atoms with Crippen molar-refractivity contribution in [2.45, 2.75) is 32.7 Å². The van der Waals surface area contributed by atoms with E-state index >= 15 is 0 Å². The molecule has 24 heavy (non-hydrogen) atoms. The van der Waals surface area contributed by atoms with Crippen molar-refractivity contribution in [1.82, 2.24) is 15.0 Å². The lowest BCUT2D eigenvalue weighted by Gasteiger charge is -2.38. The second-order valence-corrected chi connectivity index (χ2v) is 6.20. The smallest absolute Gasteiger partial charge is 0.243 e. The van der Waals surface area contributed by atoms with Crippen LogP contribution in [0.25, 0.3) is 0 Å². The van der Waals surface area contributed by atoms with Crippen LogP contribution in [0.2, 0.25) is 0 Å². The monoisotopic (exact) mass is 330 g/mol. The van der Waals surface area contributed by atoms with Crippen LogP contribution in [0.4, 0.5) is 5.69 Å². The molecule has 1 aliphatic heterocycles. The molecular weight excluding hydrogens is 304 g/mol. The molecule has 6 heteroatoms. The Morgan fingerprint density at radius 1 is 1.25 bits per heavy atom. The first-order chi connectivity index (χ1) is 11.7. The number of rotatable bonds is 6. The van der Waals surface area contributed by atoms with E-state index in [0.29, 0.717) is 0 Å². The van der Waals surface area contributed by atoms with Gasteiger partial charge in [-0.3, -0.25) is 4.90 Å². The predicted molar refractivity (Wildman–Crippen MR) is 93.5 cm³/mol. The van der Waals surface area contributed by atoms with Gasteiger partial charge in [0.2, 0.25) is 5.89 Å². The Kier molecular flexibility index (Phi) is 5.35. The number of hydrogen-bond donors (Lipinski definition) is 0. The molecule has 3 rings (SSSR count). The zero-order valence-corrected chi connectivity index (χ0v) is 14.7. The summed E-state index contributed by atoms with van der Waals surface area (Å²) in [5.41, 5.74) is 1.21. The number of anilines is 1. The molecule has 0 spiro atoms. The number of piperazine rings is 1. The van der Waals surface area contributed by atoms with E-state index in [0.717, 1.165) is 56.5 Å². The van der Waals surface area contributed by atoms with E-state index in [1.165, 1.54) is 5.69 Å². The molecule has 2 heterocycles. The maximum atomic E-state index is 5.44. The molecule has 6 nitrogen and oxygen atoms in total. The third-order valence-electron chi connectivity index (χ3n) is 4.60. The van der Waals surface area contributed by atoms with E-state index in [-0.39, 0.29) is 6.04 Å². The first-order valence-electron chi connectivity index (χ1n) is 8.66. The van der Waals surface area contributed by atoms with Gasteiger partial charge < -0.3 is 14.2 Å². The van der Waals surface area contributed by atoms with Crippen molar-refractivity contribution in [3.63, 3.8) is 0 Å². The van der Waals surface area contributed by atoms with Crippen LogP contribution in [-0.2, 0) is 6.42 Å². The molecule has 1 aromatic heterocycles. The highest BCUT2D eigenvalue weighted by Gasteiger charge is 2.25. The number of hydrogen-bond acceptors (Lipinski definition) is 6. The van der Waals surface area contributed by atoms with Crippen molar-refractivity contribution in [3.05, 3.63) is 36.0 Å². The van der Waals surface area contributed by atoms with Crippen molar-refractivity contribution in [3.8, 4) is 5.75 Å². The Morgan fingerprint density at radius 2 is 2.04 bits per heavy atom. The van der Waals surface area contributed by atoms with E-state index in [2.05, 4.69) is 45.9 Å². The standard InChI is InChI=1S/C18H26N4O2/c1-4-6-17-19-18(24-20-17)14(2)21-9-11-22(12-10-21)15-7-5-8-16(13-15)23-3/h5,7-8,13-14H,4,6,9-12H2,1-3H3. The topological polar surface area (TPSA) is 54.6 Å². The van der Waals surface area contributed by atoms with Crippen LogP contribution >= 0.6 is 0 Å². The van der Waals surface area contributed by atoms with Gasteiger partial charge >= 0.3 is 0 Å². The Bertz CT molecular complexity index is 650. The highest BCUT2D eigenvalue weighted by Crippen LogP contribution is 2.25. The van der Waals surface area contributed by atoms with Crippen LogP contribution in [-0.4, -0.2) is 48.3 Å². The SMILES string of the molecule is CCCc1noc(C(C)N2CCN(c3cccc(OC)c3)CC2)n1. The Hall–Kier alpha value is -2.08. The third-order valence-corrected chi connectivity index (χ3v) is 4.60. The fourth-order valence-corrected chi connectivity index (χ4v) is 3.09. The van der Waals surface area contributed by atoms with Gasteiger partial charge in [0, 0.05) is 44.4 Å².